The van der Waals surface area contributed by atoms with Gasteiger partial charge in [0.2, 0.25) is 0 Å². The first-order valence-corrected chi connectivity index (χ1v) is 8.29. The molecule has 0 saturated heterocycles. The second-order valence-electron chi connectivity index (χ2n) is 5.78. The molecule has 0 saturated carbocycles. The summed E-state index contributed by atoms with van der Waals surface area (Å²) in [4.78, 5) is 24.6. The average molecular weight is 382 g/mol. The number of methoxy groups -OCH3 is 1. The number of halogens is 2. The van der Waals surface area contributed by atoms with E-state index in [1.165, 1.54) is 37.4 Å². The lowest BCUT2D eigenvalue weighted by Gasteiger charge is -2.10. The molecule has 0 radical (unpaired) electrons. The Morgan fingerprint density at radius 1 is 0.750 bits per heavy atom. The quantitative estimate of drug-likeness (QED) is 0.684. The number of hydrogen-bond donors (Lipinski definition) is 2. The van der Waals surface area contributed by atoms with Gasteiger partial charge < -0.3 is 15.4 Å². The van der Waals surface area contributed by atoms with Crippen LogP contribution in [-0.4, -0.2) is 18.9 Å². The fraction of sp³-hybridized carbons (Fsp3) is 0.0476. The van der Waals surface area contributed by atoms with Gasteiger partial charge in [-0.25, -0.2) is 8.78 Å². The lowest BCUT2D eigenvalue weighted by atomic mass is 10.1. The van der Waals surface area contributed by atoms with Gasteiger partial charge in [-0.05, 0) is 48.5 Å². The number of rotatable bonds is 5. The van der Waals surface area contributed by atoms with Crippen molar-refractivity contribution in [1.29, 1.82) is 0 Å². The fourth-order valence-corrected chi connectivity index (χ4v) is 2.52. The molecule has 28 heavy (non-hydrogen) atoms. The zero-order chi connectivity index (χ0) is 20.1. The number of amides is 2. The Labute approximate surface area is 160 Å². The van der Waals surface area contributed by atoms with E-state index in [1.54, 1.807) is 24.3 Å². The van der Waals surface area contributed by atoms with E-state index in [9.17, 15) is 18.4 Å². The summed E-state index contributed by atoms with van der Waals surface area (Å²) in [6.45, 7) is 0. The van der Waals surface area contributed by atoms with Gasteiger partial charge in [0.1, 0.15) is 23.1 Å². The first-order chi connectivity index (χ1) is 13.5. The number of benzene rings is 3. The van der Waals surface area contributed by atoms with E-state index in [1.807, 2.05) is 0 Å². The predicted octanol–water partition coefficient (Wildman–Crippen LogP) is 4.48. The van der Waals surface area contributed by atoms with Gasteiger partial charge >= 0.3 is 0 Å². The normalized spacial score (nSPS) is 10.2. The van der Waals surface area contributed by atoms with E-state index in [0.717, 1.165) is 12.1 Å². The molecule has 0 aliphatic carbocycles. The molecule has 0 aromatic heterocycles. The minimum absolute atomic E-state index is 0.150. The van der Waals surface area contributed by atoms with Crippen LogP contribution < -0.4 is 15.4 Å². The number of carbonyl (C=O) groups excluding carboxylic acids is 2. The van der Waals surface area contributed by atoms with Crippen molar-refractivity contribution < 1.29 is 23.1 Å². The van der Waals surface area contributed by atoms with Crippen molar-refractivity contribution in [2.24, 2.45) is 0 Å². The molecule has 3 aromatic carbocycles. The Hall–Kier alpha value is -3.74. The highest BCUT2D eigenvalue weighted by Crippen LogP contribution is 2.24. The number of para-hydroxylation sites is 3. The molecule has 7 heteroatoms. The Balaban J connectivity index is 1.72. The minimum atomic E-state index is -0.874. The topological polar surface area (TPSA) is 67.4 Å². The molecule has 5 nitrogen and oxygen atoms in total. The van der Waals surface area contributed by atoms with E-state index >= 15 is 0 Å². The van der Waals surface area contributed by atoms with E-state index in [4.69, 9.17) is 4.74 Å². The smallest absolute Gasteiger partial charge is 0.255 e. The number of ether oxygens (including phenoxy) is 1. The summed E-state index contributed by atoms with van der Waals surface area (Å²) >= 11 is 0. The first-order valence-electron chi connectivity index (χ1n) is 8.29. The maximum absolute atomic E-state index is 13.6. The molecule has 0 atom stereocenters. The molecule has 0 heterocycles. The molecule has 142 valence electrons. The monoisotopic (exact) mass is 382 g/mol. The molecule has 3 aromatic rings. The third-order valence-corrected chi connectivity index (χ3v) is 3.97. The molecule has 3 rings (SSSR count). The highest BCUT2D eigenvalue weighted by Gasteiger charge is 2.15. The Bertz CT molecular complexity index is 1000. The number of anilines is 2. The third kappa shape index (κ3) is 4.15. The largest absolute Gasteiger partial charge is 0.495 e. The molecule has 0 aliphatic rings. The zero-order valence-electron chi connectivity index (χ0n) is 14.8. The van der Waals surface area contributed by atoms with E-state index in [-0.39, 0.29) is 5.56 Å². The summed E-state index contributed by atoms with van der Waals surface area (Å²) in [6.07, 6.45) is 0. The SMILES string of the molecule is COc1ccccc1NC(=O)c1ccc(C(=O)Nc2c(F)cccc2F)cc1. The van der Waals surface area contributed by atoms with Crippen molar-refractivity contribution in [2.75, 3.05) is 17.7 Å². The fourth-order valence-electron chi connectivity index (χ4n) is 2.52. The van der Waals surface area contributed by atoms with Crippen molar-refractivity contribution >= 4 is 23.2 Å². The second kappa shape index (κ2) is 8.30. The van der Waals surface area contributed by atoms with Gasteiger partial charge in [0.05, 0.1) is 12.8 Å². The lowest BCUT2D eigenvalue weighted by Crippen LogP contribution is -2.16. The standard InChI is InChI=1S/C21H16F2N2O3/c1-28-18-8-3-2-7-17(18)24-20(26)13-9-11-14(12-10-13)21(27)25-19-15(22)5-4-6-16(19)23/h2-12H,1H3,(H,24,26)(H,25,27). The molecule has 2 N–H and O–H groups in total. The summed E-state index contributed by atoms with van der Waals surface area (Å²) in [7, 11) is 1.50. The van der Waals surface area contributed by atoms with Crippen LogP contribution in [0.15, 0.2) is 66.7 Å². The average Bonchev–Trinajstić information content (AvgIpc) is 2.71. The zero-order valence-corrected chi connectivity index (χ0v) is 14.8. The van der Waals surface area contributed by atoms with Crippen LogP contribution in [0.5, 0.6) is 5.75 Å². The summed E-state index contributed by atoms with van der Waals surface area (Å²) in [5, 5.41) is 4.91. The van der Waals surface area contributed by atoms with Crippen LogP contribution in [0, 0.1) is 11.6 Å². The molecule has 0 spiro atoms. The van der Waals surface area contributed by atoms with Crippen LogP contribution in [-0.2, 0) is 0 Å². The van der Waals surface area contributed by atoms with E-state index in [0.29, 0.717) is 17.0 Å². The predicted molar refractivity (Wildman–Crippen MR) is 102 cm³/mol. The highest BCUT2D eigenvalue weighted by molar-refractivity contribution is 6.07. The van der Waals surface area contributed by atoms with Gasteiger partial charge in [-0.2, -0.15) is 0 Å². The van der Waals surface area contributed by atoms with Gasteiger partial charge in [-0.1, -0.05) is 18.2 Å². The van der Waals surface area contributed by atoms with Crippen molar-refractivity contribution in [2.45, 2.75) is 0 Å². The summed E-state index contributed by atoms with van der Waals surface area (Å²) in [6, 6.07) is 15.9. The molecule has 2 amide bonds. The molecule has 0 bridgehead atoms. The van der Waals surface area contributed by atoms with Gasteiger partial charge in [0.25, 0.3) is 11.8 Å². The Morgan fingerprint density at radius 2 is 1.29 bits per heavy atom. The van der Waals surface area contributed by atoms with Gasteiger partial charge in [-0.3, -0.25) is 9.59 Å². The van der Waals surface area contributed by atoms with Crippen LogP contribution in [0.3, 0.4) is 0 Å². The third-order valence-electron chi connectivity index (χ3n) is 3.97. The Kier molecular flexibility index (Phi) is 5.64. The maximum Gasteiger partial charge on any atom is 0.255 e. The van der Waals surface area contributed by atoms with Crippen LogP contribution in [0.25, 0.3) is 0 Å². The van der Waals surface area contributed by atoms with Crippen molar-refractivity contribution in [3.63, 3.8) is 0 Å². The van der Waals surface area contributed by atoms with Gasteiger partial charge in [-0.15, -0.1) is 0 Å². The number of nitrogens with one attached hydrogen (secondary N) is 2. The van der Waals surface area contributed by atoms with Crippen molar-refractivity contribution in [1.82, 2.24) is 0 Å². The number of carbonyl (C=O) groups is 2. The van der Waals surface area contributed by atoms with Crippen molar-refractivity contribution in [3.8, 4) is 5.75 Å². The summed E-state index contributed by atoms with van der Waals surface area (Å²) < 4.78 is 32.5. The van der Waals surface area contributed by atoms with Crippen LogP contribution in [0.1, 0.15) is 20.7 Å². The maximum atomic E-state index is 13.6. The molecular weight excluding hydrogens is 366 g/mol. The van der Waals surface area contributed by atoms with Crippen LogP contribution in [0.2, 0.25) is 0 Å². The van der Waals surface area contributed by atoms with E-state index in [2.05, 4.69) is 10.6 Å². The highest BCUT2D eigenvalue weighted by atomic mass is 19.1. The van der Waals surface area contributed by atoms with Crippen molar-refractivity contribution in [3.05, 3.63) is 89.5 Å². The van der Waals surface area contributed by atoms with Gasteiger partial charge in [0, 0.05) is 11.1 Å². The first kappa shape index (κ1) is 19.0. The summed E-state index contributed by atoms with van der Waals surface area (Å²) in [5.74, 6) is -2.32. The summed E-state index contributed by atoms with van der Waals surface area (Å²) in [5.41, 5.74) is 0.438. The second-order valence-corrected chi connectivity index (χ2v) is 5.78. The van der Waals surface area contributed by atoms with Crippen LogP contribution in [0.4, 0.5) is 20.2 Å². The Morgan fingerprint density at radius 3 is 1.86 bits per heavy atom. The van der Waals surface area contributed by atoms with Crippen LogP contribution >= 0.6 is 0 Å². The lowest BCUT2D eigenvalue weighted by molar-refractivity contribution is 0.101. The molecule has 0 fully saturated rings. The molecule has 0 aliphatic heterocycles. The molecule has 0 unspecified atom stereocenters. The van der Waals surface area contributed by atoms with Gasteiger partial charge in [0.15, 0.2) is 0 Å². The number of hydrogen-bond acceptors (Lipinski definition) is 3. The molecular formula is C21H16F2N2O3. The minimum Gasteiger partial charge on any atom is -0.495 e. The van der Waals surface area contributed by atoms with E-state index < -0.39 is 29.1 Å².